The lowest BCUT2D eigenvalue weighted by molar-refractivity contribution is -0.131. The molecule has 3 amide bonds. The number of benzene rings is 3. The Labute approximate surface area is 191 Å². The molecule has 1 atom stereocenters. The van der Waals surface area contributed by atoms with Crippen molar-refractivity contribution >= 4 is 28.6 Å². The summed E-state index contributed by atoms with van der Waals surface area (Å²) in [5.41, 5.74) is 2.40. The summed E-state index contributed by atoms with van der Waals surface area (Å²) in [6.07, 6.45) is 0.291. The van der Waals surface area contributed by atoms with Gasteiger partial charge < -0.3 is 10.3 Å². The van der Waals surface area contributed by atoms with Gasteiger partial charge in [-0.1, -0.05) is 78.9 Å². The molecule has 6 heteroatoms. The number of imide groups is 1. The van der Waals surface area contributed by atoms with Gasteiger partial charge in [0.25, 0.3) is 5.91 Å². The second kappa shape index (κ2) is 8.06. The Hall–Kier alpha value is -4.19. The molecule has 164 valence electrons. The second-order valence-electron chi connectivity index (χ2n) is 8.35. The van der Waals surface area contributed by atoms with E-state index < -0.39 is 17.5 Å². The number of H-pyrrole nitrogens is 1. The molecule has 3 aromatic carbocycles. The Morgan fingerprint density at radius 2 is 1.52 bits per heavy atom. The molecule has 0 saturated carbocycles. The van der Waals surface area contributed by atoms with Gasteiger partial charge >= 0.3 is 6.03 Å². The van der Waals surface area contributed by atoms with Gasteiger partial charge in [0.15, 0.2) is 11.3 Å². The lowest BCUT2D eigenvalue weighted by Crippen LogP contribution is -2.46. The van der Waals surface area contributed by atoms with Gasteiger partial charge in [0.1, 0.15) is 0 Å². The SMILES string of the molecule is Cc1[nH]c2ccccc2c1C(=O)CN1C(=O)N[C@@](Cc2ccccc2)(c2ccccc2)C1=O. The molecule has 1 aromatic heterocycles. The lowest BCUT2D eigenvalue weighted by Gasteiger charge is -2.27. The van der Waals surface area contributed by atoms with Gasteiger partial charge in [0.2, 0.25) is 0 Å². The van der Waals surface area contributed by atoms with Crippen molar-refractivity contribution in [1.82, 2.24) is 15.2 Å². The van der Waals surface area contributed by atoms with E-state index in [0.717, 1.165) is 21.4 Å². The maximum absolute atomic E-state index is 13.8. The largest absolute Gasteiger partial charge is 0.358 e. The summed E-state index contributed by atoms with van der Waals surface area (Å²) >= 11 is 0. The van der Waals surface area contributed by atoms with Gasteiger partial charge in [0, 0.05) is 28.6 Å². The van der Waals surface area contributed by atoms with Crippen LogP contribution in [0, 0.1) is 6.92 Å². The zero-order chi connectivity index (χ0) is 23.0. The van der Waals surface area contributed by atoms with Crippen molar-refractivity contribution in [3.63, 3.8) is 0 Å². The number of urea groups is 1. The standard InChI is InChI=1S/C27H23N3O3/c1-18-24(21-14-8-9-15-22(21)28-18)23(31)17-30-25(32)27(29-26(30)33,20-12-6-3-7-13-20)16-19-10-4-2-5-11-19/h2-15,28H,16-17H2,1H3,(H,29,33)/t27-/m0/s1. The van der Waals surface area contributed by atoms with E-state index in [9.17, 15) is 14.4 Å². The maximum Gasteiger partial charge on any atom is 0.325 e. The second-order valence-corrected chi connectivity index (χ2v) is 8.35. The van der Waals surface area contributed by atoms with Gasteiger partial charge in [-0.3, -0.25) is 14.5 Å². The molecule has 2 heterocycles. The number of rotatable bonds is 6. The topological polar surface area (TPSA) is 82.3 Å². The summed E-state index contributed by atoms with van der Waals surface area (Å²) in [6.45, 7) is 1.50. The summed E-state index contributed by atoms with van der Waals surface area (Å²) in [4.78, 5) is 44.4. The number of fused-ring (bicyclic) bond motifs is 1. The summed E-state index contributed by atoms with van der Waals surface area (Å²) in [5, 5.41) is 3.69. The van der Waals surface area contributed by atoms with Crippen LogP contribution in [0.5, 0.6) is 0 Å². The Kier molecular flexibility index (Phi) is 5.05. The van der Waals surface area contributed by atoms with Crippen LogP contribution in [0.25, 0.3) is 10.9 Å². The molecule has 0 radical (unpaired) electrons. The molecular formula is C27H23N3O3. The molecule has 33 heavy (non-hydrogen) atoms. The third-order valence-corrected chi connectivity index (χ3v) is 6.23. The molecule has 0 spiro atoms. The highest BCUT2D eigenvalue weighted by Crippen LogP contribution is 2.33. The highest BCUT2D eigenvalue weighted by atomic mass is 16.2. The number of hydrogen-bond acceptors (Lipinski definition) is 3. The molecule has 1 aliphatic rings. The van der Waals surface area contributed by atoms with Gasteiger partial charge in [-0.2, -0.15) is 0 Å². The van der Waals surface area contributed by atoms with Crippen LogP contribution >= 0.6 is 0 Å². The number of Topliss-reactive ketones (excluding diaryl/α,β-unsaturated/α-hetero) is 1. The van der Waals surface area contributed by atoms with Crippen LogP contribution in [-0.4, -0.2) is 34.2 Å². The van der Waals surface area contributed by atoms with E-state index in [4.69, 9.17) is 0 Å². The number of carbonyl (C=O) groups excluding carboxylic acids is 3. The molecule has 1 saturated heterocycles. The average molecular weight is 437 g/mol. The smallest absolute Gasteiger partial charge is 0.325 e. The zero-order valence-corrected chi connectivity index (χ0v) is 18.2. The molecule has 2 N–H and O–H groups in total. The molecule has 5 rings (SSSR count). The van der Waals surface area contributed by atoms with Crippen LogP contribution < -0.4 is 5.32 Å². The number of ketones is 1. The normalized spacial score (nSPS) is 18.0. The minimum Gasteiger partial charge on any atom is -0.358 e. The molecule has 0 aliphatic carbocycles. The summed E-state index contributed by atoms with van der Waals surface area (Å²) < 4.78 is 0. The van der Waals surface area contributed by atoms with E-state index in [0.29, 0.717) is 23.2 Å². The summed E-state index contributed by atoms with van der Waals surface area (Å²) in [7, 11) is 0. The van der Waals surface area contributed by atoms with Gasteiger partial charge in [-0.15, -0.1) is 0 Å². The van der Waals surface area contributed by atoms with Crippen LogP contribution in [-0.2, 0) is 16.8 Å². The first-order valence-corrected chi connectivity index (χ1v) is 10.8. The number of aryl methyl sites for hydroxylation is 1. The predicted octanol–water partition coefficient (Wildman–Crippen LogP) is 4.35. The number of nitrogens with zero attached hydrogens (tertiary/aromatic N) is 1. The highest BCUT2D eigenvalue weighted by Gasteiger charge is 2.52. The quantitative estimate of drug-likeness (QED) is 0.348. The van der Waals surface area contributed by atoms with Gasteiger partial charge in [0.05, 0.1) is 6.54 Å². The molecule has 0 bridgehead atoms. The number of carbonyl (C=O) groups is 3. The van der Waals surface area contributed by atoms with Crippen molar-refractivity contribution in [3.05, 3.63) is 107 Å². The van der Waals surface area contributed by atoms with E-state index in [-0.39, 0.29) is 12.3 Å². The molecule has 4 aromatic rings. The fourth-order valence-corrected chi connectivity index (χ4v) is 4.67. The third kappa shape index (κ3) is 3.49. The Balaban J connectivity index is 1.51. The van der Waals surface area contributed by atoms with Crippen molar-refractivity contribution in [3.8, 4) is 0 Å². The minimum atomic E-state index is -1.27. The van der Waals surface area contributed by atoms with E-state index in [1.807, 2.05) is 91.9 Å². The molecule has 1 aliphatic heterocycles. The Bertz CT molecular complexity index is 1360. The third-order valence-electron chi connectivity index (χ3n) is 6.23. The molecule has 6 nitrogen and oxygen atoms in total. The first-order valence-electron chi connectivity index (χ1n) is 10.8. The average Bonchev–Trinajstić information content (AvgIpc) is 3.29. The van der Waals surface area contributed by atoms with Crippen LogP contribution in [0.3, 0.4) is 0 Å². The van der Waals surface area contributed by atoms with Gasteiger partial charge in [-0.25, -0.2) is 4.79 Å². The summed E-state index contributed by atoms with van der Waals surface area (Å²) in [5.74, 6) is -0.703. The van der Waals surface area contributed by atoms with E-state index in [1.54, 1.807) is 0 Å². The maximum atomic E-state index is 13.8. The number of para-hydroxylation sites is 1. The van der Waals surface area contributed by atoms with Crippen molar-refractivity contribution in [2.45, 2.75) is 18.9 Å². The van der Waals surface area contributed by atoms with E-state index >= 15 is 0 Å². The first kappa shape index (κ1) is 20.7. The predicted molar refractivity (Wildman–Crippen MR) is 126 cm³/mol. The van der Waals surface area contributed by atoms with Gasteiger partial charge in [-0.05, 0) is 24.1 Å². The highest BCUT2D eigenvalue weighted by molar-refractivity contribution is 6.15. The number of nitrogens with one attached hydrogen (secondary N) is 2. The van der Waals surface area contributed by atoms with Crippen molar-refractivity contribution < 1.29 is 14.4 Å². The number of aromatic amines is 1. The Morgan fingerprint density at radius 1 is 0.879 bits per heavy atom. The minimum absolute atomic E-state index is 0.281. The molecular weight excluding hydrogens is 414 g/mol. The van der Waals surface area contributed by atoms with Crippen LogP contribution in [0.2, 0.25) is 0 Å². The first-order chi connectivity index (χ1) is 16.0. The van der Waals surface area contributed by atoms with Crippen molar-refractivity contribution in [2.75, 3.05) is 6.54 Å². The van der Waals surface area contributed by atoms with Crippen LogP contribution in [0.4, 0.5) is 4.79 Å². The number of aromatic nitrogens is 1. The van der Waals surface area contributed by atoms with E-state index in [2.05, 4.69) is 10.3 Å². The van der Waals surface area contributed by atoms with E-state index in [1.165, 1.54) is 0 Å². The number of amides is 3. The summed E-state index contributed by atoms with van der Waals surface area (Å²) in [6, 6.07) is 25.7. The monoisotopic (exact) mass is 437 g/mol. The molecule has 0 unspecified atom stereocenters. The molecule has 1 fully saturated rings. The van der Waals surface area contributed by atoms with Crippen molar-refractivity contribution in [1.29, 1.82) is 0 Å². The zero-order valence-electron chi connectivity index (χ0n) is 18.2. The number of hydrogen-bond donors (Lipinski definition) is 2. The fraction of sp³-hybridized carbons (Fsp3) is 0.148. The lowest BCUT2D eigenvalue weighted by atomic mass is 9.83. The van der Waals surface area contributed by atoms with Crippen LogP contribution in [0.15, 0.2) is 84.9 Å². The fourth-order valence-electron chi connectivity index (χ4n) is 4.67. The van der Waals surface area contributed by atoms with Crippen LogP contribution in [0.1, 0.15) is 27.2 Å². The Morgan fingerprint density at radius 3 is 2.24 bits per heavy atom. The van der Waals surface area contributed by atoms with Crippen molar-refractivity contribution in [2.24, 2.45) is 0 Å².